The summed E-state index contributed by atoms with van der Waals surface area (Å²) in [5.74, 6) is 0.755. The highest BCUT2D eigenvalue weighted by atomic mass is 16.3. The molecule has 1 aliphatic carbocycles. The van der Waals surface area contributed by atoms with E-state index in [1.165, 1.54) is 25.7 Å². The predicted octanol–water partition coefficient (Wildman–Crippen LogP) is 2.56. The van der Waals surface area contributed by atoms with E-state index in [4.69, 9.17) is 0 Å². The van der Waals surface area contributed by atoms with E-state index in [0.717, 1.165) is 12.5 Å². The van der Waals surface area contributed by atoms with Gasteiger partial charge in [-0.25, -0.2) is 0 Å². The molecule has 2 N–H and O–H groups in total. The van der Waals surface area contributed by atoms with Crippen LogP contribution >= 0.6 is 0 Å². The molecule has 0 amide bonds. The Kier molecular flexibility index (Phi) is 4.60. The largest absolute Gasteiger partial charge is 0.392 e. The molecule has 15 heavy (non-hydrogen) atoms. The van der Waals surface area contributed by atoms with Crippen molar-refractivity contribution in [2.24, 2.45) is 11.3 Å². The Bertz CT molecular complexity index is 183. The average Bonchev–Trinajstić information content (AvgIpc) is 2.13. The standard InChI is InChI=1S/C13H27NO/c1-10(15)9-14-12-8-6-5-7-11(12)13(2,3)4/h10-12,14-15H,5-9H2,1-4H3/t10-,11-,12-/m0/s1. The molecule has 0 bridgehead atoms. The van der Waals surface area contributed by atoms with Gasteiger partial charge in [-0.15, -0.1) is 0 Å². The lowest BCUT2D eigenvalue weighted by atomic mass is 9.69. The molecule has 1 fully saturated rings. The Hall–Kier alpha value is -0.0800. The van der Waals surface area contributed by atoms with Gasteiger partial charge in [-0.2, -0.15) is 0 Å². The summed E-state index contributed by atoms with van der Waals surface area (Å²) in [5.41, 5.74) is 0.386. The van der Waals surface area contributed by atoms with Gasteiger partial charge in [0, 0.05) is 12.6 Å². The van der Waals surface area contributed by atoms with Gasteiger partial charge >= 0.3 is 0 Å². The first-order valence-corrected chi connectivity index (χ1v) is 6.32. The van der Waals surface area contributed by atoms with Crippen molar-refractivity contribution < 1.29 is 5.11 Å². The fourth-order valence-electron chi connectivity index (χ4n) is 2.73. The molecule has 90 valence electrons. The third-order valence-corrected chi connectivity index (χ3v) is 3.55. The van der Waals surface area contributed by atoms with Crippen LogP contribution in [0.3, 0.4) is 0 Å². The van der Waals surface area contributed by atoms with E-state index in [9.17, 15) is 5.11 Å². The zero-order valence-corrected chi connectivity index (χ0v) is 10.7. The van der Waals surface area contributed by atoms with Crippen LogP contribution in [0.4, 0.5) is 0 Å². The van der Waals surface area contributed by atoms with Crippen LogP contribution in [0.15, 0.2) is 0 Å². The van der Waals surface area contributed by atoms with Crippen LogP contribution < -0.4 is 5.32 Å². The van der Waals surface area contributed by atoms with Crippen LogP contribution in [0.25, 0.3) is 0 Å². The maximum atomic E-state index is 9.31. The SMILES string of the molecule is C[C@H](O)CN[C@H]1CCCC[C@@H]1C(C)(C)C. The molecule has 0 spiro atoms. The maximum Gasteiger partial charge on any atom is 0.0636 e. The summed E-state index contributed by atoms with van der Waals surface area (Å²) in [6, 6.07) is 0.605. The number of aliphatic hydroxyl groups is 1. The summed E-state index contributed by atoms with van der Waals surface area (Å²) in [6.07, 6.45) is 5.08. The molecule has 0 unspecified atom stereocenters. The van der Waals surface area contributed by atoms with E-state index in [1.807, 2.05) is 6.92 Å². The number of nitrogens with one attached hydrogen (secondary N) is 1. The quantitative estimate of drug-likeness (QED) is 0.755. The Morgan fingerprint density at radius 2 is 1.87 bits per heavy atom. The van der Waals surface area contributed by atoms with Crippen LogP contribution in [-0.2, 0) is 0 Å². The molecule has 0 saturated heterocycles. The lowest BCUT2D eigenvalue weighted by molar-refractivity contribution is 0.114. The number of hydrogen-bond acceptors (Lipinski definition) is 2. The topological polar surface area (TPSA) is 32.3 Å². The minimum Gasteiger partial charge on any atom is -0.392 e. The van der Waals surface area contributed by atoms with Gasteiger partial charge in [0.25, 0.3) is 0 Å². The number of rotatable bonds is 3. The summed E-state index contributed by atoms with van der Waals surface area (Å²) in [5, 5.41) is 12.8. The minimum absolute atomic E-state index is 0.229. The monoisotopic (exact) mass is 213 g/mol. The van der Waals surface area contributed by atoms with Crippen LogP contribution in [-0.4, -0.2) is 23.8 Å². The van der Waals surface area contributed by atoms with Gasteiger partial charge < -0.3 is 10.4 Å². The van der Waals surface area contributed by atoms with Crippen LogP contribution in [0, 0.1) is 11.3 Å². The summed E-state index contributed by atoms with van der Waals surface area (Å²) < 4.78 is 0. The molecule has 0 radical (unpaired) electrons. The molecule has 0 aromatic heterocycles. The maximum absolute atomic E-state index is 9.31. The summed E-state index contributed by atoms with van der Waals surface area (Å²) >= 11 is 0. The van der Waals surface area contributed by atoms with E-state index in [-0.39, 0.29) is 6.10 Å². The highest BCUT2D eigenvalue weighted by Gasteiger charge is 2.33. The Morgan fingerprint density at radius 1 is 1.27 bits per heavy atom. The molecular weight excluding hydrogens is 186 g/mol. The Labute approximate surface area is 94.5 Å². The number of aliphatic hydroxyl groups excluding tert-OH is 1. The highest BCUT2D eigenvalue weighted by molar-refractivity contribution is 4.88. The van der Waals surface area contributed by atoms with Crippen LogP contribution in [0.1, 0.15) is 53.4 Å². The first-order valence-electron chi connectivity index (χ1n) is 6.32. The zero-order chi connectivity index (χ0) is 11.5. The van der Waals surface area contributed by atoms with Gasteiger partial charge in [-0.1, -0.05) is 33.6 Å². The smallest absolute Gasteiger partial charge is 0.0636 e. The predicted molar refractivity (Wildman–Crippen MR) is 64.9 cm³/mol. The third kappa shape index (κ3) is 4.12. The van der Waals surface area contributed by atoms with Crippen molar-refractivity contribution in [3.8, 4) is 0 Å². The van der Waals surface area contributed by atoms with Crippen LogP contribution in [0.2, 0.25) is 0 Å². The second-order valence-electron chi connectivity index (χ2n) is 6.12. The number of hydrogen-bond donors (Lipinski definition) is 2. The summed E-state index contributed by atoms with van der Waals surface area (Å²) in [7, 11) is 0. The van der Waals surface area contributed by atoms with Gasteiger partial charge in [0.05, 0.1) is 6.10 Å². The van der Waals surface area contributed by atoms with Crippen molar-refractivity contribution in [2.75, 3.05) is 6.54 Å². The second-order valence-corrected chi connectivity index (χ2v) is 6.12. The summed E-state index contributed by atoms with van der Waals surface area (Å²) in [4.78, 5) is 0. The Balaban J connectivity index is 2.50. The van der Waals surface area contributed by atoms with Crippen LogP contribution in [0.5, 0.6) is 0 Å². The molecule has 0 aliphatic heterocycles. The molecular formula is C13H27NO. The molecule has 2 nitrogen and oxygen atoms in total. The van der Waals surface area contributed by atoms with Crippen molar-refractivity contribution in [3.05, 3.63) is 0 Å². The molecule has 0 aromatic rings. The fraction of sp³-hybridized carbons (Fsp3) is 1.00. The average molecular weight is 213 g/mol. The van der Waals surface area contributed by atoms with Gasteiger partial charge in [0.15, 0.2) is 0 Å². The van der Waals surface area contributed by atoms with Crippen molar-refractivity contribution >= 4 is 0 Å². The molecule has 1 saturated carbocycles. The van der Waals surface area contributed by atoms with Gasteiger partial charge in [-0.05, 0) is 31.1 Å². The van der Waals surface area contributed by atoms with Gasteiger partial charge in [0.1, 0.15) is 0 Å². The molecule has 2 heteroatoms. The first-order chi connectivity index (χ1) is 6.91. The van der Waals surface area contributed by atoms with Crippen molar-refractivity contribution in [2.45, 2.75) is 65.5 Å². The fourth-order valence-corrected chi connectivity index (χ4v) is 2.73. The summed E-state index contributed by atoms with van der Waals surface area (Å²) in [6.45, 7) is 9.58. The van der Waals surface area contributed by atoms with Gasteiger partial charge in [0.2, 0.25) is 0 Å². The zero-order valence-electron chi connectivity index (χ0n) is 10.7. The van der Waals surface area contributed by atoms with E-state index in [1.54, 1.807) is 0 Å². The third-order valence-electron chi connectivity index (χ3n) is 3.55. The highest BCUT2D eigenvalue weighted by Crippen LogP contribution is 2.37. The van der Waals surface area contributed by atoms with E-state index >= 15 is 0 Å². The molecule has 0 aromatic carbocycles. The lowest BCUT2D eigenvalue weighted by Gasteiger charge is -2.41. The van der Waals surface area contributed by atoms with Crippen molar-refractivity contribution in [1.82, 2.24) is 5.32 Å². The molecule has 1 aliphatic rings. The molecule has 1 rings (SSSR count). The van der Waals surface area contributed by atoms with E-state index in [0.29, 0.717) is 11.5 Å². The molecule has 3 atom stereocenters. The molecule has 0 heterocycles. The lowest BCUT2D eigenvalue weighted by Crippen LogP contribution is -2.46. The van der Waals surface area contributed by atoms with Gasteiger partial charge in [-0.3, -0.25) is 0 Å². The Morgan fingerprint density at radius 3 is 2.40 bits per heavy atom. The second kappa shape index (κ2) is 5.31. The van der Waals surface area contributed by atoms with E-state index < -0.39 is 0 Å². The first kappa shape index (κ1) is 13.0. The van der Waals surface area contributed by atoms with Crippen molar-refractivity contribution in [1.29, 1.82) is 0 Å². The van der Waals surface area contributed by atoms with Crippen molar-refractivity contribution in [3.63, 3.8) is 0 Å². The minimum atomic E-state index is -0.229. The van der Waals surface area contributed by atoms with E-state index in [2.05, 4.69) is 26.1 Å². The normalized spacial score (nSPS) is 30.2.